The van der Waals surface area contributed by atoms with Crippen molar-refractivity contribution in [1.82, 2.24) is 9.78 Å². The van der Waals surface area contributed by atoms with Crippen molar-refractivity contribution >= 4 is 11.4 Å². The summed E-state index contributed by atoms with van der Waals surface area (Å²) in [6.45, 7) is 6.22. The number of ether oxygens (including phenoxy) is 1. The van der Waals surface area contributed by atoms with Gasteiger partial charge in [0.25, 0.3) is 5.56 Å². The molecule has 0 aliphatic carbocycles. The first-order valence-corrected chi connectivity index (χ1v) is 8.26. The van der Waals surface area contributed by atoms with E-state index in [1.54, 1.807) is 0 Å². The molecular formula is C20H21N3O2. The first kappa shape index (κ1) is 16.8. The van der Waals surface area contributed by atoms with Crippen LogP contribution in [0.3, 0.4) is 0 Å². The van der Waals surface area contributed by atoms with Gasteiger partial charge >= 0.3 is 0 Å². The van der Waals surface area contributed by atoms with Crippen LogP contribution < -0.4 is 10.3 Å². The minimum Gasteiger partial charge on any atom is -0.492 e. The number of hydrogen-bond acceptors (Lipinski definition) is 3. The average Bonchev–Trinajstić information content (AvgIpc) is 2.92. The SMILES string of the molecule is CCOc1ccccc1N=C(C)c1c(C)[nH]n(-c2ccccc2)c1=O. The van der Waals surface area contributed by atoms with Crippen LogP contribution in [0, 0.1) is 6.92 Å². The van der Waals surface area contributed by atoms with Crippen LogP contribution in [0.15, 0.2) is 64.4 Å². The molecule has 5 nitrogen and oxygen atoms in total. The van der Waals surface area contributed by atoms with E-state index < -0.39 is 0 Å². The zero-order valence-corrected chi connectivity index (χ0v) is 14.6. The molecule has 25 heavy (non-hydrogen) atoms. The molecule has 3 aromatic rings. The fourth-order valence-corrected chi connectivity index (χ4v) is 2.80. The van der Waals surface area contributed by atoms with Crippen molar-refractivity contribution in [3.63, 3.8) is 0 Å². The molecule has 0 saturated carbocycles. The van der Waals surface area contributed by atoms with Gasteiger partial charge < -0.3 is 4.74 Å². The Balaban J connectivity index is 2.06. The zero-order valence-electron chi connectivity index (χ0n) is 14.6. The summed E-state index contributed by atoms with van der Waals surface area (Å²) >= 11 is 0. The van der Waals surface area contributed by atoms with Crippen LogP contribution in [0.25, 0.3) is 5.69 Å². The lowest BCUT2D eigenvalue weighted by molar-refractivity contribution is 0.341. The monoisotopic (exact) mass is 335 g/mol. The summed E-state index contributed by atoms with van der Waals surface area (Å²) in [5.74, 6) is 0.709. The highest BCUT2D eigenvalue weighted by Crippen LogP contribution is 2.27. The van der Waals surface area contributed by atoms with Gasteiger partial charge in [0.2, 0.25) is 0 Å². The van der Waals surface area contributed by atoms with E-state index in [2.05, 4.69) is 10.1 Å². The number of aliphatic imine (C=N–C) groups is 1. The summed E-state index contributed by atoms with van der Waals surface area (Å²) in [6, 6.07) is 17.1. The van der Waals surface area contributed by atoms with E-state index >= 15 is 0 Å². The predicted molar refractivity (Wildman–Crippen MR) is 101 cm³/mol. The minimum atomic E-state index is -0.112. The molecule has 0 aliphatic rings. The van der Waals surface area contributed by atoms with Crippen LogP contribution in [-0.2, 0) is 0 Å². The maximum atomic E-state index is 12.9. The normalized spacial score (nSPS) is 11.6. The van der Waals surface area contributed by atoms with Crippen LogP contribution in [0.4, 0.5) is 5.69 Å². The summed E-state index contributed by atoms with van der Waals surface area (Å²) in [4.78, 5) is 17.5. The summed E-state index contributed by atoms with van der Waals surface area (Å²) in [6.07, 6.45) is 0. The molecule has 0 bridgehead atoms. The summed E-state index contributed by atoms with van der Waals surface area (Å²) in [5.41, 5.74) is 3.41. The second kappa shape index (κ2) is 7.21. The van der Waals surface area contributed by atoms with Crippen molar-refractivity contribution in [2.45, 2.75) is 20.8 Å². The van der Waals surface area contributed by atoms with Gasteiger partial charge in [-0.25, -0.2) is 9.67 Å². The van der Waals surface area contributed by atoms with Gasteiger partial charge in [0.05, 0.1) is 23.6 Å². The van der Waals surface area contributed by atoms with Gasteiger partial charge in [0.15, 0.2) is 0 Å². The van der Waals surface area contributed by atoms with Gasteiger partial charge in [-0.3, -0.25) is 9.89 Å². The van der Waals surface area contributed by atoms with E-state index in [0.717, 1.165) is 11.4 Å². The number of aromatic amines is 1. The fraction of sp³-hybridized carbons (Fsp3) is 0.200. The van der Waals surface area contributed by atoms with Crippen LogP contribution in [0.1, 0.15) is 25.1 Å². The van der Waals surface area contributed by atoms with E-state index in [9.17, 15) is 4.79 Å². The third kappa shape index (κ3) is 3.40. The smallest absolute Gasteiger partial charge is 0.280 e. The first-order valence-electron chi connectivity index (χ1n) is 8.26. The molecule has 0 fully saturated rings. The number of H-pyrrole nitrogens is 1. The number of nitrogens with one attached hydrogen (secondary N) is 1. The van der Waals surface area contributed by atoms with Gasteiger partial charge in [-0.05, 0) is 45.0 Å². The fourth-order valence-electron chi connectivity index (χ4n) is 2.80. The van der Waals surface area contributed by atoms with Crippen molar-refractivity contribution in [3.05, 3.63) is 76.2 Å². The molecule has 1 heterocycles. The number of aromatic nitrogens is 2. The number of aryl methyl sites for hydroxylation is 1. The molecule has 0 spiro atoms. The number of hydrogen-bond donors (Lipinski definition) is 1. The molecule has 0 saturated heterocycles. The van der Waals surface area contributed by atoms with E-state index in [-0.39, 0.29) is 5.56 Å². The van der Waals surface area contributed by atoms with Gasteiger partial charge in [0.1, 0.15) is 11.4 Å². The lowest BCUT2D eigenvalue weighted by Crippen LogP contribution is -2.19. The second-order valence-corrected chi connectivity index (χ2v) is 5.69. The number of para-hydroxylation sites is 3. The molecule has 128 valence electrons. The lowest BCUT2D eigenvalue weighted by atomic mass is 10.1. The third-order valence-electron chi connectivity index (χ3n) is 3.90. The molecule has 5 heteroatoms. The Morgan fingerprint density at radius 1 is 1.12 bits per heavy atom. The van der Waals surface area contributed by atoms with Crippen molar-refractivity contribution in [2.75, 3.05) is 6.61 Å². The Morgan fingerprint density at radius 2 is 1.80 bits per heavy atom. The first-order chi connectivity index (χ1) is 12.1. The average molecular weight is 335 g/mol. The largest absolute Gasteiger partial charge is 0.492 e. The van der Waals surface area contributed by atoms with Gasteiger partial charge in [-0.2, -0.15) is 0 Å². The van der Waals surface area contributed by atoms with Gasteiger partial charge in [0, 0.05) is 5.69 Å². The van der Waals surface area contributed by atoms with E-state index in [4.69, 9.17) is 4.74 Å². The highest BCUT2D eigenvalue weighted by molar-refractivity contribution is 6.01. The predicted octanol–water partition coefficient (Wildman–Crippen LogP) is 4.01. The van der Waals surface area contributed by atoms with Crippen LogP contribution in [0.5, 0.6) is 5.75 Å². The maximum absolute atomic E-state index is 12.9. The Kier molecular flexibility index (Phi) is 4.84. The second-order valence-electron chi connectivity index (χ2n) is 5.69. The van der Waals surface area contributed by atoms with E-state index in [0.29, 0.717) is 29.3 Å². The Labute approximate surface area is 146 Å². The minimum absolute atomic E-state index is 0.112. The molecule has 0 unspecified atom stereocenters. The molecule has 0 radical (unpaired) electrons. The summed E-state index contributed by atoms with van der Waals surface area (Å²) < 4.78 is 7.15. The highest BCUT2D eigenvalue weighted by atomic mass is 16.5. The molecule has 0 aliphatic heterocycles. The quantitative estimate of drug-likeness (QED) is 0.716. The molecule has 1 aromatic heterocycles. The Hall–Kier alpha value is -3.08. The number of rotatable bonds is 5. The van der Waals surface area contributed by atoms with Gasteiger partial charge in [-0.15, -0.1) is 0 Å². The Bertz CT molecular complexity index is 953. The maximum Gasteiger partial charge on any atom is 0.280 e. The lowest BCUT2D eigenvalue weighted by Gasteiger charge is -2.07. The molecule has 2 aromatic carbocycles. The van der Waals surface area contributed by atoms with Crippen LogP contribution in [0.2, 0.25) is 0 Å². The summed E-state index contributed by atoms with van der Waals surface area (Å²) in [7, 11) is 0. The van der Waals surface area contributed by atoms with Crippen molar-refractivity contribution in [3.8, 4) is 11.4 Å². The molecule has 0 amide bonds. The van der Waals surface area contributed by atoms with Crippen molar-refractivity contribution in [2.24, 2.45) is 4.99 Å². The summed E-state index contributed by atoms with van der Waals surface area (Å²) in [5, 5.41) is 3.13. The van der Waals surface area contributed by atoms with E-state index in [1.165, 1.54) is 4.68 Å². The van der Waals surface area contributed by atoms with E-state index in [1.807, 2.05) is 75.4 Å². The standard InChI is InChI=1S/C20H21N3O2/c1-4-25-18-13-9-8-12-17(18)21-14(2)19-15(3)22-23(20(19)24)16-10-6-5-7-11-16/h5-13,22H,4H2,1-3H3. The molecule has 0 atom stereocenters. The third-order valence-corrected chi connectivity index (χ3v) is 3.90. The van der Waals surface area contributed by atoms with Crippen LogP contribution in [-0.4, -0.2) is 22.1 Å². The highest BCUT2D eigenvalue weighted by Gasteiger charge is 2.15. The number of nitrogens with zero attached hydrogens (tertiary/aromatic N) is 2. The van der Waals surface area contributed by atoms with Gasteiger partial charge in [-0.1, -0.05) is 30.3 Å². The molecule has 3 rings (SSSR count). The van der Waals surface area contributed by atoms with Crippen LogP contribution >= 0.6 is 0 Å². The van der Waals surface area contributed by atoms with Crippen molar-refractivity contribution in [1.29, 1.82) is 0 Å². The molecule has 1 N–H and O–H groups in total. The number of benzene rings is 2. The Morgan fingerprint density at radius 3 is 2.52 bits per heavy atom. The van der Waals surface area contributed by atoms with Crippen molar-refractivity contribution < 1.29 is 4.74 Å². The topological polar surface area (TPSA) is 59.4 Å². The molecular weight excluding hydrogens is 314 g/mol. The zero-order chi connectivity index (χ0) is 17.8.